The van der Waals surface area contributed by atoms with Gasteiger partial charge in [-0.1, -0.05) is 15.9 Å². The first-order valence-electron chi connectivity index (χ1n) is 7.16. The molecule has 0 aliphatic carbocycles. The second kappa shape index (κ2) is 6.58. The van der Waals surface area contributed by atoms with Gasteiger partial charge in [0.1, 0.15) is 6.54 Å². The van der Waals surface area contributed by atoms with Gasteiger partial charge in [-0.15, -0.1) is 0 Å². The Bertz CT molecular complexity index is 753. The zero-order chi connectivity index (χ0) is 15.5. The molecule has 22 heavy (non-hydrogen) atoms. The molecule has 0 saturated carbocycles. The van der Waals surface area contributed by atoms with Crippen LogP contribution in [0.4, 0.5) is 0 Å². The number of hydrogen-bond donors (Lipinski definition) is 1. The van der Waals surface area contributed by atoms with Gasteiger partial charge < -0.3 is 10.1 Å². The minimum Gasteiger partial charge on any atom is -0.376 e. The molecule has 1 N–H and O–H groups in total. The summed E-state index contributed by atoms with van der Waals surface area (Å²) in [5, 5.41) is 3.29. The number of rotatable bonds is 4. The maximum Gasteiger partial charge on any atom is 0.261 e. The summed E-state index contributed by atoms with van der Waals surface area (Å²) in [6.45, 7) is 1.20. The summed E-state index contributed by atoms with van der Waals surface area (Å²) in [6, 6.07) is 5.31. The number of ether oxygens (including phenoxy) is 1. The maximum absolute atomic E-state index is 12.4. The van der Waals surface area contributed by atoms with Gasteiger partial charge in [-0.05, 0) is 31.0 Å². The summed E-state index contributed by atoms with van der Waals surface area (Å²) in [6.07, 6.45) is 3.49. The highest BCUT2D eigenvalue weighted by atomic mass is 79.9. The van der Waals surface area contributed by atoms with Crippen molar-refractivity contribution in [3.8, 4) is 0 Å². The Labute approximate surface area is 135 Å². The largest absolute Gasteiger partial charge is 0.376 e. The number of carbonyl (C=O) groups is 1. The molecule has 1 atom stereocenters. The number of nitrogens with zero attached hydrogens (tertiary/aromatic N) is 2. The van der Waals surface area contributed by atoms with Crippen molar-refractivity contribution in [3.05, 3.63) is 39.4 Å². The zero-order valence-electron chi connectivity index (χ0n) is 11.9. The Hall–Kier alpha value is -1.73. The van der Waals surface area contributed by atoms with E-state index in [-0.39, 0.29) is 24.1 Å². The Kier molecular flexibility index (Phi) is 4.54. The highest BCUT2D eigenvalue weighted by Crippen LogP contribution is 2.14. The van der Waals surface area contributed by atoms with E-state index in [9.17, 15) is 9.59 Å². The molecule has 7 heteroatoms. The van der Waals surface area contributed by atoms with Gasteiger partial charge in [0.15, 0.2) is 0 Å². The normalized spacial score (nSPS) is 17.8. The summed E-state index contributed by atoms with van der Waals surface area (Å²) in [5.41, 5.74) is 0.391. The molecule has 0 spiro atoms. The number of nitrogens with one attached hydrogen (secondary N) is 1. The summed E-state index contributed by atoms with van der Waals surface area (Å²) >= 11 is 3.34. The van der Waals surface area contributed by atoms with Crippen LogP contribution in [0.25, 0.3) is 10.9 Å². The number of halogens is 1. The fraction of sp³-hybridized carbons (Fsp3) is 0.400. The van der Waals surface area contributed by atoms with Crippen molar-refractivity contribution in [1.82, 2.24) is 14.9 Å². The van der Waals surface area contributed by atoms with Crippen LogP contribution in [0, 0.1) is 0 Å². The van der Waals surface area contributed by atoms with Gasteiger partial charge >= 0.3 is 0 Å². The molecule has 3 rings (SSSR count). The standard InChI is InChI=1S/C15H16BrN3O3/c16-10-3-4-13-12(6-10)15(21)19(9-18-13)8-14(20)17-7-11-2-1-5-22-11/h3-4,6,9,11H,1-2,5,7-8H2,(H,17,20)/t11-/m0/s1. The van der Waals surface area contributed by atoms with Crippen LogP contribution in [0.5, 0.6) is 0 Å². The first-order chi connectivity index (χ1) is 10.6. The van der Waals surface area contributed by atoms with Crippen molar-refractivity contribution < 1.29 is 9.53 Å². The summed E-state index contributed by atoms with van der Waals surface area (Å²) < 4.78 is 7.57. The van der Waals surface area contributed by atoms with Crippen molar-refractivity contribution in [1.29, 1.82) is 0 Å². The molecule has 0 radical (unpaired) electrons. The number of carbonyl (C=O) groups excluding carboxylic acids is 1. The Morgan fingerprint density at radius 2 is 2.36 bits per heavy atom. The number of fused-ring (bicyclic) bond motifs is 1. The van der Waals surface area contributed by atoms with Crippen molar-refractivity contribution >= 4 is 32.7 Å². The SMILES string of the molecule is O=C(Cn1cnc2ccc(Br)cc2c1=O)NC[C@@H]1CCCO1. The molecule has 1 fully saturated rings. The molecule has 2 heterocycles. The minimum absolute atomic E-state index is 0.0407. The number of aromatic nitrogens is 2. The van der Waals surface area contributed by atoms with E-state index in [0.717, 1.165) is 23.9 Å². The molecule has 1 saturated heterocycles. The maximum atomic E-state index is 12.4. The topological polar surface area (TPSA) is 73.2 Å². The Balaban J connectivity index is 1.71. The van der Waals surface area contributed by atoms with E-state index in [2.05, 4.69) is 26.2 Å². The van der Waals surface area contributed by atoms with Gasteiger partial charge in [0, 0.05) is 17.6 Å². The van der Waals surface area contributed by atoms with E-state index < -0.39 is 0 Å². The molecule has 116 valence electrons. The van der Waals surface area contributed by atoms with Crippen LogP contribution in [-0.4, -0.2) is 34.7 Å². The number of benzene rings is 1. The molecule has 0 unspecified atom stereocenters. The molecule has 1 aromatic carbocycles. The van der Waals surface area contributed by atoms with Gasteiger partial charge in [0.2, 0.25) is 5.91 Å². The van der Waals surface area contributed by atoms with Crippen LogP contribution in [0.3, 0.4) is 0 Å². The predicted molar refractivity (Wildman–Crippen MR) is 85.7 cm³/mol. The average molecular weight is 366 g/mol. The summed E-state index contributed by atoms with van der Waals surface area (Å²) in [7, 11) is 0. The van der Waals surface area contributed by atoms with E-state index in [1.807, 2.05) is 6.07 Å². The third-order valence-corrected chi connectivity index (χ3v) is 4.14. The third-order valence-electron chi connectivity index (χ3n) is 3.65. The molecule has 2 aromatic rings. The van der Waals surface area contributed by atoms with Gasteiger partial charge in [-0.3, -0.25) is 14.2 Å². The van der Waals surface area contributed by atoms with Crippen LogP contribution in [0.2, 0.25) is 0 Å². The average Bonchev–Trinajstić information content (AvgIpc) is 3.02. The van der Waals surface area contributed by atoms with E-state index in [0.29, 0.717) is 17.4 Å². The Morgan fingerprint density at radius 1 is 1.50 bits per heavy atom. The molecule has 1 amide bonds. The van der Waals surface area contributed by atoms with Crippen molar-refractivity contribution in [3.63, 3.8) is 0 Å². The number of amides is 1. The third kappa shape index (κ3) is 3.36. The molecule has 6 nitrogen and oxygen atoms in total. The fourth-order valence-corrected chi connectivity index (χ4v) is 2.85. The highest BCUT2D eigenvalue weighted by Gasteiger charge is 2.16. The predicted octanol–water partition coefficient (Wildman–Crippen LogP) is 1.45. The molecule has 1 aliphatic heterocycles. The fourth-order valence-electron chi connectivity index (χ4n) is 2.49. The van der Waals surface area contributed by atoms with Crippen molar-refractivity contribution in [2.75, 3.05) is 13.2 Å². The van der Waals surface area contributed by atoms with E-state index in [1.54, 1.807) is 12.1 Å². The lowest BCUT2D eigenvalue weighted by molar-refractivity contribution is -0.122. The lowest BCUT2D eigenvalue weighted by Crippen LogP contribution is -2.36. The Morgan fingerprint density at radius 3 is 3.14 bits per heavy atom. The first kappa shape index (κ1) is 15.2. The lowest BCUT2D eigenvalue weighted by Gasteiger charge is -2.11. The van der Waals surface area contributed by atoms with Crippen LogP contribution < -0.4 is 10.9 Å². The van der Waals surface area contributed by atoms with Gasteiger partial charge in [0.25, 0.3) is 5.56 Å². The van der Waals surface area contributed by atoms with Crippen molar-refractivity contribution in [2.45, 2.75) is 25.5 Å². The quantitative estimate of drug-likeness (QED) is 0.889. The van der Waals surface area contributed by atoms with Crippen LogP contribution in [-0.2, 0) is 16.1 Å². The van der Waals surface area contributed by atoms with Crippen LogP contribution >= 0.6 is 15.9 Å². The van der Waals surface area contributed by atoms with Crippen molar-refractivity contribution in [2.24, 2.45) is 0 Å². The van der Waals surface area contributed by atoms with E-state index >= 15 is 0 Å². The van der Waals surface area contributed by atoms with Gasteiger partial charge in [0.05, 0.1) is 23.3 Å². The van der Waals surface area contributed by atoms with Gasteiger partial charge in [-0.2, -0.15) is 0 Å². The minimum atomic E-state index is -0.224. The molecule has 1 aromatic heterocycles. The summed E-state index contributed by atoms with van der Waals surface area (Å²) in [5.74, 6) is -0.214. The van der Waals surface area contributed by atoms with E-state index in [1.165, 1.54) is 10.9 Å². The van der Waals surface area contributed by atoms with E-state index in [4.69, 9.17) is 4.74 Å². The number of hydrogen-bond acceptors (Lipinski definition) is 4. The van der Waals surface area contributed by atoms with Crippen LogP contribution in [0.1, 0.15) is 12.8 Å². The highest BCUT2D eigenvalue weighted by molar-refractivity contribution is 9.10. The van der Waals surface area contributed by atoms with Gasteiger partial charge in [-0.25, -0.2) is 4.98 Å². The zero-order valence-corrected chi connectivity index (χ0v) is 13.5. The second-order valence-electron chi connectivity index (χ2n) is 5.28. The molecule has 0 bridgehead atoms. The van der Waals surface area contributed by atoms with Crippen LogP contribution in [0.15, 0.2) is 33.8 Å². The monoisotopic (exact) mass is 365 g/mol. The molecular formula is C15H16BrN3O3. The second-order valence-corrected chi connectivity index (χ2v) is 6.19. The molecule has 1 aliphatic rings. The lowest BCUT2D eigenvalue weighted by atomic mass is 10.2. The summed E-state index contributed by atoms with van der Waals surface area (Å²) in [4.78, 5) is 28.5. The first-order valence-corrected chi connectivity index (χ1v) is 7.96. The smallest absolute Gasteiger partial charge is 0.261 e. The molecular weight excluding hydrogens is 350 g/mol.